The van der Waals surface area contributed by atoms with Gasteiger partial charge in [0.15, 0.2) is 0 Å². The van der Waals surface area contributed by atoms with Gasteiger partial charge in [0.2, 0.25) is 0 Å². The molecule has 0 radical (unpaired) electrons. The topological polar surface area (TPSA) is 81.6 Å². The molecule has 1 atom stereocenters. The first-order valence-corrected chi connectivity index (χ1v) is 11.7. The molecule has 0 saturated carbocycles. The van der Waals surface area contributed by atoms with Crippen LogP contribution < -0.4 is 10.6 Å². The molecular weight excluding hydrogens is 376 g/mol. The van der Waals surface area contributed by atoms with Gasteiger partial charge in [-0.05, 0) is 43.9 Å². The first-order chi connectivity index (χ1) is 14.7. The van der Waals surface area contributed by atoms with Crippen LogP contribution in [0.3, 0.4) is 0 Å². The van der Waals surface area contributed by atoms with Crippen molar-refractivity contribution in [3.63, 3.8) is 0 Å². The summed E-state index contributed by atoms with van der Waals surface area (Å²) in [4.78, 5) is 12.1. The molecule has 0 heterocycles. The number of anilines is 1. The van der Waals surface area contributed by atoms with E-state index in [-0.39, 0.29) is 19.1 Å². The quantitative estimate of drug-likeness (QED) is 0.199. The van der Waals surface area contributed by atoms with E-state index in [0.29, 0.717) is 5.56 Å². The second kappa shape index (κ2) is 18.0. The molecule has 1 unspecified atom stereocenters. The first-order valence-electron chi connectivity index (χ1n) is 11.7. The Morgan fingerprint density at radius 3 is 2.37 bits per heavy atom. The largest absolute Gasteiger partial charge is 0.394 e. The Kier molecular flexibility index (Phi) is 15.7. The molecule has 170 valence electrons. The van der Waals surface area contributed by atoms with Gasteiger partial charge >= 0.3 is 0 Å². The molecular formula is C25H42N2O3. The van der Waals surface area contributed by atoms with Gasteiger partial charge < -0.3 is 20.8 Å². The molecule has 1 rings (SSSR count). The number of unbranched alkanes of at least 4 members (excludes halogenated alkanes) is 9. The summed E-state index contributed by atoms with van der Waals surface area (Å²) in [5.74, 6) is -0.255. The maximum atomic E-state index is 12.1. The van der Waals surface area contributed by atoms with Gasteiger partial charge in [0.05, 0.1) is 12.7 Å². The van der Waals surface area contributed by atoms with Crippen molar-refractivity contribution >= 4 is 11.6 Å². The van der Waals surface area contributed by atoms with Gasteiger partial charge in [0.1, 0.15) is 0 Å². The zero-order valence-corrected chi connectivity index (χ0v) is 18.7. The number of hydrogen-bond acceptors (Lipinski definition) is 4. The number of allylic oxidation sites excluding steroid dienone is 2. The van der Waals surface area contributed by atoms with Gasteiger partial charge in [0, 0.05) is 24.3 Å². The molecule has 5 nitrogen and oxygen atoms in total. The second-order valence-corrected chi connectivity index (χ2v) is 7.93. The normalized spacial score (nSPS) is 12.2. The van der Waals surface area contributed by atoms with E-state index in [1.54, 1.807) is 12.1 Å². The predicted molar refractivity (Wildman–Crippen MR) is 126 cm³/mol. The fourth-order valence-corrected chi connectivity index (χ4v) is 3.23. The molecule has 4 N–H and O–H groups in total. The number of benzene rings is 1. The summed E-state index contributed by atoms with van der Waals surface area (Å²) in [6.45, 7) is 2.79. The fraction of sp³-hybridized carbons (Fsp3) is 0.640. The summed E-state index contributed by atoms with van der Waals surface area (Å²) in [5, 5.41) is 24.1. The van der Waals surface area contributed by atoms with Crippen molar-refractivity contribution in [2.24, 2.45) is 0 Å². The van der Waals surface area contributed by atoms with E-state index in [9.17, 15) is 9.90 Å². The minimum absolute atomic E-state index is 0.0400. The van der Waals surface area contributed by atoms with Crippen LogP contribution in [0.1, 0.15) is 87.9 Å². The number of nitrogens with one attached hydrogen (secondary N) is 2. The smallest absolute Gasteiger partial charge is 0.251 e. The average molecular weight is 419 g/mol. The van der Waals surface area contributed by atoms with Crippen LogP contribution in [0.2, 0.25) is 0 Å². The average Bonchev–Trinajstić information content (AvgIpc) is 2.77. The first kappa shape index (κ1) is 26.2. The van der Waals surface area contributed by atoms with Crippen LogP contribution in [0.25, 0.3) is 0 Å². The van der Waals surface area contributed by atoms with E-state index in [4.69, 9.17) is 5.11 Å². The molecule has 0 aliphatic heterocycles. The van der Waals surface area contributed by atoms with Crippen molar-refractivity contribution in [2.45, 2.75) is 83.7 Å². The van der Waals surface area contributed by atoms with Crippen LogP contribution in [0.15, 0.2) is 36.4 Å². The number of carbonyl (C=O) groups excluding carboxylic acids is 1. The van der Waals surface area contributed by atoms with Crippen molar-refractivity contribution in [3.8, 4) is 0 Å². The van der Waals surface area contributed by atoms with Gasteiger partial charge in [-0.15, -0.1) is 0 Å². The summed E-state index contributed by atoms with van der Waals surface area (Å²) < 4.78 is 0. The molecule has 0 aliphatic carbocycles. The minimum atomic E-state index is -0.932. The number of aliphatic hydroxyl groups is 2. The molecule has 0 spiro atoms. The van der Waals surface area contributed by atoms with Crippen LogP contribution in [-0.4, -0.2) is 41.9 Å². The zero-order valence-electron chi connectivity index (χ0n) is 18.7. The molecule has 5 heteroatoms. The summed E-state index contributed by atoms with van der Waals surface area (Å²) >= 11 is 0. The third kappa shape index (κ3) is 13.4. The van der Waals surface area contributed by atoms with Crippen molar-refractivity contribution in [1.29, 1.82) is 0 Å². The van der Waals surface area contributed by atoms with E-state index in [2.05, 4.69) is 29.7 Å². The maximum absolute atomic E-state index is 12.1. The van der Waals surface area contributed by atoms with Gasteiger partial charge in [-0.1, -0.05) is 70.1 Å². The van der Waals surface area contributed by atoms with Gasteiger partial charge in [0.25, 0.3) is 5.91 Å². The number of carbonyl (C=O) groups is 1. The van der Waals surface area contributed by atoms with E-state index in [1.807, 2.05) is 12.1 Å². The zero-order chi connectivity index (χ0) is 21.9. The Balaban J connectivity index is 2.08. The summed E-state index contributed by atoms with van der Waals surface area (Å²) in [7, 11) is 0. The molecule has 1 amide bonds. The molecule has 0 fully saturated rings. The number of hydrogen-bond donors (Lipinski definition) is 4. The van der Waals surface area contributed by atoms with Crippen LogP contribution in [0.5, 0.6) is 0 Å². The van der Waals surface area contributed by atoms with Crippen molar-refractivity contribution in [3.05, 3.63) is 42.0 Å². The lowest BCUT2D eigenvalue weighted by atomic mass is 10.1. The van der Waals surface area contributed by atoms with E-state index >= 15 is 0 Å². The molecule has 0 aromatic heterocycles. The summed E-state index contributed by atoms with van der Waals surface area (Å²) in [5.41, 5.74) is 1.45. The van der Waals surface area contributed by atoms with Crippen molar-refractivity contribution in [1.82, 2.24) is 5.32 Å². The summed E-state index contributed by atoms with van der Waals surface area (Å²) in [6, 6.07) is 7.32. The second-order valence-electron chi connectivity index (χ2n) is 7.93. The minimum Gasteiger partial charge on any atom is -0.394 e. The highest BCUT2D eigenvalue weighted by Gasteiger charge is 2.08. The molecule has 1 aromatic rings. The monoisotopic (exact) mass is 418 g/mol. The van der Waals surface area contributed by atoms with Crippen molar-refractivity contribution in [2.75, 3.05) is 25.0 Å². The lowest BCUT2D eigenvalue weighted by Crippen LogP contribution is -2.33. The Morgan fingerprint density at radius 2 is 1.67 bits per heavy atom. The Bertz CT molecular complexity index is 590. The van der Waals surface area contributed by atoms with Crippen LogP contribution in [0, 0.1) is 0 Å². The standard InChI is InChI=1S/C25H42N2O3/c1-2-3-4-5-6-7-8-9-10-11-12-13-14-18-26-23-17-15-16-22(19-23)25(30)27-20-24(29)21-28/h11-12,15-17,19,24,26,28-29H,2-10,13-14,18,20-21H2,1H3,(H,27,30). The molecule has 30 heavy (non-hydrogen) atoms. The number of aliphatic hydroxyl groups excluding tert-OH is 2. The lowest BCUT2D eigenvalue weighted by molar-refractivity contribution is 0.0802. The van der Waals surface area contributed by atoms with E-state index in [1.165, 1.54) is 57.8 Å². The highest BCUT2D eigenvalue weighted by molar-refractivity contribution is 5.95. The maximum Gasteiger partial charge on any atom is 0.251 e. The van der Waals surface area contributed by atoms with Gasteiger partial charge in [-0.25, -0.2) is 0 Å². The lowest BCUT2D eigenvalue weighted by Gasteiger charge is -2.10. The Labute approximate surface area is 183 Å². The molecule has 0 aliphatic rings. The van der Waals surface area contributed by atoms with Crippen LogP contribution in [0.4, 0.5) is 5.69 Å². The highest BCUT2D eigenvalue weighted by atomic mass is 16.3. The summed E-state index contributed by atoms with van der Waals surface area (Å²) in [6.07, 6.45) is 17.9. The van der Waals surface area contributed by atoms with Crippen LogP contribution in [-0.2, 0) is 0 Å². The number of amides is 1. The molecule has 1 aromatic carbocycles. The van der Waals surface area contributed by atoms with Crippen LogP contribution >= 0.6 is 0 Å². The Hall–Kier alpha value is -1.85. The predicted octanol–water partition coefficient (Wildman–Crippen LogP) is 5.05. The van der Waals surface area contributed by atoms with E-state index in [0.717, 1.165) is 25.1 Å². The van der Waals surface area contributed by atoms with Gasteiger partial charge in [-0.3, -0.25) is 4.79 Å². The SMILES string of the molecule is CCCCCCCCCCC=CCCCNc1cccc(C(=O)NCC(O)CO)c1. The third-order valence-electron chi connectivity index (χ3n) is 5.10. The third-order valence-corrected chi connectivity index (χ3v) is 5.10. The Morgan fingerprint density at radius 1 is 1.00 bits per heavy atom. The van der Waals surface area contributed by atoms with Gasteiger partial charge in [-0.2, -0.15) is 0 Å². The van der Waals surface area contributed by atoms with E-state index < -0.39 is 6.10 Å². The molecule has 0 saturated heterocycles. The fourth-order valence-electron chi connectivity index (χ4n) is 3.23. The number of rotatable bonds is 18. The molecule has 0 bridgehead atoms. The van der Waals surface area contributed by atoms with Crippen molar-refractivity contribution < 1.29 is 15.0 Å². The highest BCUT2D eigenvalue weighted by Crippen LogP contribution is 2.12.